The second-order valence-corrected chi connectivity index (χ2v) is 6.62. The van der Waals surface area contributed by atoms with Crippen LogP contribution in [0.5, 0.6) is 0 Å². The summed E-state index contributed by atoms with van der Waals surface area (Å²) >= 11 is 17.8. The number of halogens is 3. The van der Waals surface area contributed by atoms with Crippen molar-refractivity contribution in [2.75, 3.05) is 7.05 Å². The van der Waals surface area contributed by atoms with Gasteiger partial charge in [0, 0.05) is 5.54 Å². The number of rotatable bonds is 4. The summed E-state index contributed by atoms with van der Waals surface area (Å²) in [5.41, 5.74) is 0.107. The Bertz CT molecular complexity index is 581. The Balaban J connectivity index is 2.09. The normalized spacial score (nSPS) is 18.1. The average molecular weight is 363 g/mol. The predicted octanol–water partition coefficient (Wildman–Crippen LogP) is 5.15. The van der Waals surface area contributed by atoms with Gasteiger partial charge in [0.05, 0.1) is 15.6 Å². The molecule has 3 nitrogen and oxygen atoms in total. The van der Waals surface area contributed by atoms with Crippen LogP contribution in [-0.2, 0) is 4.74 Å². The molecule has 0 atom stereocenters. The lowest BCUT2D eigenvalue weighted by molar-refractivity contribution is 0.0645. The molecule has 2 rings (SSSR count). The van der Waals surface area contributed by atoms with Crippen LogP contribution in [0.15, 0.2) is 29.5 Å². The molecule has 1 aliphatic rings. The van der Waals surface area contributed by atoms with Crippen LogP contribution in [0.4, 0.5) is 0 Å². The number of likely N-dealkylation sites (N-methyl/N-ethyl adjacent to an activating group) is 1. The molecule has 120 valence electrons. The molecule has 0 heterocycles. The minimum Gasteiger partial charge on any atom is -0.411 e. The van der Waals surface area contributed by atoms with Gasteiger partial charge >= 0.3 is 5.97 Å². The van der Waals surface area contributed by atoms with Gasteiger partial charge in [0.2, 0.25) is 0 Å². The lowest BCUT2D eigenvalue weighted by atomic mass is 9.82. The van der Waals surface area contributed by atoms with Crippen LogP contribution < -0.4 is 5.32 Å². The van der Waals surface area contributed by atoms with E-state index in [0.717, 1.165) is 25.7 Å². The fraction of sp³-hybridized carbons (Fsp3) is 0.438. The Morgan fingerprint density at radius 3 is 2.50 bits per heavy atom. The van der Waals surface area contributed by atoms with E-state index in [1.807, 2.05) is 7.05 Å². The summed E-state index contributed by atoms with van der Waals surface area (Å²) in [5, 5.41) is 4.05. The Hall–Kier alpha value is -0.740. The number of benzene rings is 1. The Labute approximate surface area is 145 Å². The molecule has 1 saturated carbocycles. The van der Waals surface area contributed by atoms with E-state index in [0.29, 0.717) is 15.6 Å². The van der Waals surface area contributed by atoms with E-state index < -0.39 is 5.97 Å². The number of nitrogens with one attached hydrogen (secondary N) is 1. The number of carbonyl (C=O) groups excluding carboxylic acids is 1. The number of ether oxygens (including phenoxy) is 1. The standard InChI is InChI=1S/C16H18Cl3NO2/c1-20-16(7-3-2-4-8-16)10-14(19)22-15(21)11-5-6-12(17)13(18)9-11/h5-6,9-10,20H,2-4,7-8H2,1H3. The molecule has 0 saturated heterocycles. The average Bonchev–Trinajstić information content (AvgIpc) is 2.50. The molecule has 0 radical (unpaired) electrons. The first-order valence-corrected chi connectivity index (χ1v) is 8.34. The van der Waals surface area contributed by atoms with Gasteiger partial charge in [-0.1, -0.05) is 42.5 Å². The number of carbonyl (C=O) groups is 1. The summed E-state index contributed by atoms with van der Waals surface area (Å²) in [6.07, 6.45) is 7.22. The summed E-state index contributed by atoms with van der Waals surface area (Å²) in [7, 11) is 1.90. The SMILES string of the molecule is CNC1(C=C(Cl)OC(=O)c2ccc(Cl)c(Cl)c2)CCCCC1. The van der Waals surface area contributed by atoms with Crippen molar-refractivity contribution in [1.82, 2.24) is 5.32 Å². The third-order valence-corrected chi connectivity index (χ3v) is 4.90. The lowest BCUT2D eigenvalue weighted by Crippen LogP contribution is -2.43. The first kappa shape index (κ1) is 17.6. The molecule has 0 spiro atoms. The summed E-state index contributed by atoms with van der Waals surface area (Å²) in [6, 6.07) is 4.56. The van der Waals surface area contributed by atoms with E-state index in [9.17, 15) is 4.79 Å². The highest BCUT2D eigenvalue weighted by atomic mass is 35.5. The highest BCUT2D eigenvalue weighted by Gasteiger charge is 2.29. The van der Waals surface area contributed by atoms with Crippen molar-refractivity contribution in [3.8, 4) is 0 Å². The largest absolute Gasteiger partial charge is 0.411 e. The van der Waals surface area contributed by atoms with Gasteiger partial charge in [-0.05, 0) is 55.8 Å². The minimum absolute atomic E-state index is 0.0762. The van der Waals surface area contributed by atoms with Gasteiger partial charge in [0.25, 0.3) is 0 Å². The Morgan fingerprint density at radius 1 is 1.23 bits per heavy atom. The third kappa shape index (κ3) is 4.39. The van der Waals surface area contributed by atoms with Crippen molar-refractivity contribution >= 4 is 40.8 Å². The van der Waals surface area contributed by atoms with Gasteiger partial charge < -0.3 is 10.1 Å². The maximum atomic E-state index is 12.1. The Morgan fingerprint density at radius 2 is 1.91 bits per heavy atom. The molecule has 0 unspecified atom stereocenters. The second kappa shape index (κ2) is 7.69. The van der Waals surface area contributed by atoms with Gasteiger partial charge in [-0.2, -0.15) is 0 Å². The molecule has 1 aromatic rings. The Kier molecular flexibility index (Phi) is 6.16. The zero-order chi connectivity index (χ0) is 16.2. The molecule has 0 aliphatic heterocycles. The molecule has 22 heavy (non-hydrogen) atoms. The van der Waals surface area contributed by atoms with E-state index in [1.165, 1.54) is 12.5 Å². The maximum absolute atomic E-state index is 12.1. The van der Waals surface area contributed by atoms with Crippen LogP contribution in [0.25, 0.3) is 0 Å². The van der Waals surface area contributed by atoms with Gasteiger partial charge in [-0.25, -0.2) is 4.79 Å². The molecule has 0 bridgehead atoms. The maximum Gasteiger partial charge on any atom is 0.344 e. The van der Waals surface area contributed by atoms with Crippen molar-refractivity contribution in [1.29, 1.82) is 0 Å². The predicted molar refractivity (Wildman–Crippen MR) is 90.7 cm³/mol. The van der Waals surface area contributed by atoms with Gasteiger partial charge in [0.1, 0.15) is 0 Å². The van der Waals surface area contributed by atoms with Crippen molar-refractivity contribution in [3.63, 3.8) is 0 Å². The minimum atomic E-state index is -0.554. The summed E-state index contributed by atoms with van der Waals surface area (Å²) in [6.45, 7) is 0. The van der Waals surface area contributed by atoms with E-state index in [2.05, 4.69) is 5.32 Å². The zero-order valence-corrected chi connectivity index (χ0v) is 14.6. The van der Waals surface area contributed by atoms with Crippen molar-refractivity contribution in [3.05, 3.63) is 45.1 Å². The summed E-state index contributed by atoms with van der Waals surface area (Å²) in [5.74, 6) is -0.554. The van der Waals surface area contributed by atoms with Crippen molar-refractivity contribution < 1.29 is 9.53 Å². The van der Waals surface area contributed by atoms with Gasteiger partial charge in [0.15, 0.2) is 5.22 Å². The van der Waals surface area contributed by atoms with Crippen molar-refractivity contribution in [2.45, 2.75) is 37.6 Å². The summed E-state index contributed by atoms with van der Waals surface area (Å²) < 4.78 is 5.21. The van der Waals surface area contributed by atoms with Crippen LogP contribution in [0.1, 0.15) is 42.5 Å². The number of hydrogen-bond acceptors (Lipinski definition) is 3. The smallest absolute Gasteiger partial charge is 0.344 e. The molecule has 1 fully saturated rings. The van der Waals surface area contributed by atoms with E-state index >= 15 is 0 Å². The third-order valence-electron chi connectivity index (χ3n) is 3.98. The molecule has 1 N–H and O–H groups in total. The fourth-order valence-corrected chi connectivity index (χ4v) is 3.24. The molecule has 0 aromatic heterocycles. The fourth-order valence-electron chi connectivity index (χ4n) is 2.67. The van der Waals surface area contributed by atoms with Gasteiger partial charge in [-0.15, -0.1) is 0 Å². The van der Waals surface area contributed by atoms with Crippen LogP contribution in [0, 0.1) is 0 Å². The number of esters is 1. The van der Waals surface area contributed by atoms with Crippen LogP contribution in [0.3, 0.4) is 0 Å². The summed E-state index contributed by atoms with van der Waals surface area (Å²) in [4.78, 5) is 12.1. The van der Waals surface area contributed by atoms with Crippen LogP contribution >= 0.6 is 34.8 Å². The van der Waals surface area contributed by atoms with Gasteiger partial charge in [-0.3, -0.25) is 0 Å². The van der Waals surface area contributed by atoms with E-state index in [-0.39, 0.29) is 10.8 Å². The monoisotopic (exact) mass is 361 g/mol. The molecule has 0 amide bonds. The van der Waals surface area contributed by atoms with Crippen molar-refractivity contribution in [2.24, 2.45) is 0 Å². The van der Waals surface area contributed by atoms with Crippen LogP contribution in [-0.4, -0.2) is 18.6 Å². The van der Waals surface area contributed by atoms with Crippen LogP contribution in [0.2, 0.25) is 10.0 Å². The number of hydrogen-bond donors (Lipinski definition) is 1. The molecular weight excluding hydrogens is 345 g/mol. The van der Waals surface area contributed by atoms with E-state index in [4.69, 9.17) is 39.5 Å². The lowest BCUT2D eigenvalue weighted by Gasteiger charge is -2.34. The molecule has 1 aromatic carbocycles. The quantitative estimate of drug-likeness (QED) is 0.594. The molecular formula is C16H18Cl3NO2. The topological polar surface area (TPSA) is 38.3 Å². The molecule has 1 aliphatic carbocycles. The zero-order valence-electron chi connectivity index (χ0n) is 12.3. The first-order valence-electron chi connectivity index (χ1n) is 7.20. The van der Waals surface area contributed by atoms with E-state index in [1.54, 1.807) is 18.2 Å². The highest BCUT2D eigenvalue weighted by Crippen LogP contribution is 2.31. The highest BCUT2D eigenvalue weighted by molar-refractivity contribution is 6.42. The first-order chi connectivity index (χ1) is 10.5. The second-order valence-electron chi connectivity index (χ2n) is 5.43. The molecule has 6 heteroatoms.